The van der Waals surface area contributed by atoms with Crippen LogP contribution in [0.25, 0.3) is 10.2 Å². The summed E-state index contributed by atoms with van der Waals surface area (Å²) in [6, 6.07) is 18.2. The Kier molecular flexibility index (Phi) is 9.75. The van der Waals surface area contributed by atoms with E-state index >= 15 is 0 Å². The van der Waals surface area contributed by atoms with Crippen LogP contribution in [0.4, 0.5) is 10.8 Å². The van der Waals surface area contributed by atoms with Crippen molar-refractivity contribution in [3.63, 3.8) is 0 Å². The van der Waals surface area contributed by atoms with Crippen molar-refractivity contribution in [1.29, 1.82) is 0 Å². The SMILES string of the molecule is COc1cccc2sc(N3CCN(CCNC(=O)c4ccc(NS(=O)(=O)c5ccc(Cl)cc5)cc4)CC3)nc12.Cl. The predicted molar refractivity (Wildman–Crippen MR) is 163 cm³/mol. The number of piperazine rings is 1. The zero-order valence-electron chi connectivity index (χ0n) is 21.7. The van der Waals surface area contributed by atoms with Crippen molar-refractivity contribution >= 4 is 72.3 Å². The smallest absolute Gasteiger partial charge is 0.261 e. The van der Waals surface area contributed by atoms with E-state index in [4.69, 9.17) is 21.3 Å². The number of ether oxygens (including phenoxy) is 1. The first-order valence-electron chi connectivity index (χ1n) is 12.4. The molecular formula is C27H29Cl2N5O4S2. The van der Waals surface area contributed by atoms with E-state index in [1.165, 1.54) is 24.3 Å². The highest BCUT2D eigenvalue weighted by Gasteiger charge is 2.21. The number of aromatic nitrogens is 1. The second-order valence-electron chi connectivity index (χ2n) is 9.02. The van der Waals surface area contributed by atoms with Gasteiger partial charge in [-0.05, 0) is 60.7 Å². The van der Waals surface area contributed by atoms with Gasteiger partial charge in [0.05, 0.1) is 16.7 Å². The number of thiazole rings is 1. The number of hydrogen-bond acceptors (Lipinski definition) is 8. The maximum Gasteiger partial charge on any atom is 0.261 e. The summed E-state index contributed by atoms with van der Waals surface area (Å²) in [6.07, 6.45) is 0. The van der Waals surface area contributed by atoms with Crippen molar-refractivity contribution in [3.8, 4) is 5.75 Å². The van der Waals surface area contributed by atoms with Crippen LogP contribution in [0, 0.1) is 0 Å². The van der Waals surface area contributed by atoms with Crippen LogP contribution in [0.5, 0.6) is 5.75 Å². The molecule has 1 amide bonds. The maximum atomic E-state index is 12.6. The van der Waals surface area contributed by atoms with Gasteiger partial charge in [-0.15, -0.1) is 12.4 Å². The first-order valence-corrected chi connectivity index (χ1v) is 15.1. The number of amides is 1. The van der Waals surface area contributed by atoms with Gasteiger partial charge < -0.3 is 15.0 Å². The van der Waals surface area contributed by atoms with E-state index < -0.39 is 10.0 Å². The standard InChI is InChI=1S/C27H28ClN5O4S2.ClH/c1-37-23-3-2-4-24-25(23)30-27(38-24)33-17-15-32(16-18-33)14-13-29-26(34)19-5-9-21(10-6-19)31-39(35,36)22-11-7-20(28)8-12-22;/h2-12,31H,13-18H2,1H3,(H,29,34);1H. The summed E-state index contributed by atoms with van der Waals surface area (Å²) in [7, 11) is -2.09. The highest BCUT2D eigenvalue weighted by atomic mass is 35.5. The average molecular weight is 623 g/mol. The minimum atomic E-state index is -3.75. The van der Waals surface area contributed by atoms with Crippen LogP contribution >= 0.6 is 35.3 Å². The molecule has 212 valence electrons. The molecule has 0 unspecified atom stereocenters. The Hall–Kier alpha value is -3.09. The second-order valence-corrected chi connectivity index (χ2v) is 12.2. The fourth-order valence-corrected chi connectivity index (χ4v) is 6.54. The van der Waals surface area contributed by atoms with Gasteiger partial charge in [-0.2, -0.15) is 0 Å². The van der Waals surface area contributed by atoms with E-state index in [1.54, 1.807) is 42.7 Å². The van der Waals surface area contributed by atoms with E-state index in [0.29, 0.717) is 22.8 Å². The summed E-state index contributed by atoms with van der Waals surface area (Å²) in [4.78, 5) is 22.1. The molecule has 13 heteroatoms. The van der Waals surface area contributed by atoms with Gasteiger partial charge in [0.2, 0.25) is 0 Å². The van der Waals surface area contributed by atoms with Crippen LogP contribution < -0.4 is 19.7 Å². The predicted octanol–water partition coefficient (Wildman–Crippen LogP) is 4.73. The van der Waals surface area contributed by atoms with Gasteiger partial charge in [-0.3, -0.25) is 14.4 Å². The van der Waals surface area contributed by atoms with Crippen molar-refractivity contribution < 1.29 is 17.9 Å². The minimum Gasteiger partial charge on any atom is -0.494 e. The molecule has 1 fully saturated rings. The first kappa shape index (κ1) is 29.9. The topological polar surface area (TPSA) is 104 Å². The van der Waals surface area contributed by atoms with Crippen molar-refractivity contribution in [3.05, 3.63) is 77.3 Å². The van der Waals surface area contributed by atoms with Gasteiger partial charge >= 0.3 is 0 Å². The molecule has 1 aromatic heterocycles. The molecule has 9 nitrogen and oxygen atoms in total. The van der Waals surface area contributed by atoms with Crippen molar-refractivity contribution in [2.24, 2.45) is 0 Å². The number of nitrogens with one attached hydrogen (secondary N) is 2. The largest absolute Gasteiger partial charge is 0.494 e. The minimum absolute atomic E-state index is 0. The Morgan fingerprint density at radius 3 is 2.40 bits per heavy atom. The van der Waals surface area contributed by atoms with Crippen LogP contribution in [0.1, 0.15) is 10.4 Å². The van der Waals surface area contributed by atoms with E-state index in [0.717, 1.165) is 53.8 Å². The number of benzene rings is 3. The van der Waals surface area contributed by atoms with Crippen LogP contribution in [-0.4, -0.2) is 70.6 Å². The fraction of sp³-hybridized carbons (Fsp3) is 0.259. The first-order chi connectivity index (χ1) is 18.8. The van der Waals surface area contributed by atoms with Crippen molar-refractivity contribution in [2.75, 3.05) is 56.0 Å². The molecule has 3 aromatic carbocycles. The summed E-state index contributed by atoms with van der Waals surface area (Å²) in [6.45, 7) is 4.75. The zero-order valence-corrected chi connectivity index (χ0v) is 24.9. The number of nitrogens with zero attached hydrogens (tertiary/aromatic N) is 3. The molecule has 0 spiro atoms. The average Bonchev–Trinajstić information content (AvgIpc) is 3.38. The molecule has 0 atom stereocenters. The van der Waals surface area contributed by atoms with E-state index in [-0.39, 0.29) is 23.2 Å². The van der Waals surface area contributed by atoms with Gasteiger partial charge in [-0.25, -0.2) is 13.4 Å². The number of anilines is 2. The molecule has 5 rings (SSSR count). The molecule has 0 saturated carbocycles. The Morgan fingerprint density at radius 1 is 1.02 bits per heavy atom. The molecule has 1 aliphatic rings. The molecule has 0 aliphatic carbocycles. The molecule has 2 heterocycles. The van der Waals surface area contributed by atoms with Crippen LogP contribution in [0.15, 0.2) is 71.6 Å². The lowest BCUT2D eigenvalue weighted by molar-refractivity contribution is 0.0948. The number of rotatable bonds is 9. The van der Waals surface area contributed by atoms with Crippen molar-refractivity contribution in [2.45, 2.75) is 4.90 Å². The summed E-state index contributed by atoms with van der Waals surface area (Å²) in [5.74, 6) is 0.586. The number of sulfonamides is 1. The molecule has 0 bridgehead atoms. The lowest BCUT2D eigenvalue weighted by Crippen LogP contribution is -2.48. The van der Waals surface area contributed by atoms with E-state index in [1.807, 2.05) is 12.1 Å². The summed E-state index contributed by atoms with van der Waals surface area (Å²) in [5, 5.41) is 4.41. The van der Waals surface area contributed by atoms with Crippen LogP contribution in [-0.2, 0) is 10.0 Å². The van der Waals surface area contributed by atoms with E-state index in [9.17, 15) is 13.2 Å². The number of hydrogen-bond donors (Lipinski definition) is 2. The fourth-order valence-electron chi connectivity index (χ4n) is 4.32. The molecule has 2 N–H and O–H groups in total. The van der Waals surface area contributed by atoms with Crippen LogP contribution in [0.2, 0.25) is 5.02 Å². The number of fused-ring (bicyclic) bond motifs is 1. The van der Waals surface area contributed by atoms with Crippen molar-refractivity contribution in [1.82, 2.24) is 15.2 Å². The molecule has 40 heavy (non-hydrogen) atoms. The number of halogens is 2. The van der Waals surface area contributed by atoms with E-state index in [2.05, 4.69) is 25.9 Å². The highest BCUT2D eigenvalue weighted by molar-refractivity contribution is 7.92. The number of methoxy groups -OCH3 is 1. The van der Waals surface area contributed by atoms with Gasteiger partial charge in [0, 0.05) is 55.5 Å². The monoisotopic (exact) mass is 621 g/mol. The molecule has 1 saturated heterocycles. The Morgan fingerprint density at radius 2 is 1.73 bits per heavy atom. The number of carbonyl (C=O) groups is 1. The third-order valence-electron chi connectivity index (χ3n) is 6.47. The number of para-hydroxylation sites is 1. The molecule has 1 aliphatic heterocycles. The lowest BCUT2D eigenvalue weighted by atomic mass is 10.2. The molecule has 4 aromatic rings. The lowest BCUT2D eigenvalue weighted by Gasteiger charge is -2.34. The van der Waals surface area contributed by atoms with Gasteiger partial charge in [0.15, 0.2) is 5.13 Å². The zero-order chi connectivity index (χ0) is 27.4. The molecular weight excluding hydrogens is 593 g/mol. The Bertz CT molecular complexity index is 1560. The molecule has 0 radical (unpaired) electrons. The summed E-state index contributed by atoms with van der Waals surface area (Å²) >= 11 is 7.51. The maximum absolute atomic E-state index is 12.6. The second kappa shape index (κ2) is 13.0. The Balaban J connectivity index is 0.00000370. The quantitative estimate of drug-likeness (QED) is 0.278. The van der Waals surface area contributed by atoms with Gasteiger partial charge in [0.25, 0.3) is 15.9 Å². The third-order valence-corrected chi connectivity index (χ3v) is 9.20. The normalized spacial score (nSPS) is 14.0. The highest BCUT2D eigenvalue weighted by Crippen LogP contribution is 2.34. The van der Waals surface area contributed by atoms with Gasteiger partial charge in [0.1, 0.15) is 11.3 Å². The number of carbonyl (C=O) groups excluding carboxylic acids is 1. The third kappa shape index (κ3) is 6.97. The summed E-state index contributed by atoms with van der Waals surface area (Å²) < 4.78 is 34.1. The Labute approximate surface area is 248 Å². The summed E-state index contributed by atoms with van der Waals surface area (Å²) in [5.41, 5.74) is 1.73. The van der Waals surface area contributed by atoms with Gasteiger partial charge in [-0.1, -0.05) is 29.0 Å². The van der Waals surface area contributed by atoms with Crippen LogP contribution in [0.3, 0.4) is 0 Å².